The summed E-state index contributed by atoms with van der Waals surface area (Å²) in [7, 11) is 0. The van der Waals surface area contributed by atoms with Crippen LogP contribution in [0.4, 0.5) is 0 Å². The van der Waals surface area contributed by atoms with Crippen LogP contribution in [0.1, 0.15) is 26.7 Å². The third kappa shape index (κ3) is 7.43. The van der Waals surface area contributed by atoms with Gasteiger partial charge in [0.25, 0.3) is 0 Å². The summed E-state index contributed by atoms with van der Waals surface area (Å²) in [5.41, 5.74) is 0. The van der Waals surface area contributed by atoms with Gasteiger partial charge in [-0.3, -0.25) is 10.1 Å². The van der Waals surface area contributed by atoms with Crippen molar-refractivity contribution in [3.63, 3.8) is 0 Å². The van der Waals surface area contributed by atoms with Crippen molar-refractivity contribution in [2.75, 3.05) is 13.2 Å². The van der Waals surface area contributed by atoms with Crippen LogP contribution in [0.5, 0.6) is 0 Å². The van der Waals surface area contributed by atoms with E-state index in [0.29, 0.717) is 6.67 Å². The van der Waals surface area contributed by atoms with Gasteiger partial charge in [-0.2, -0.15) is 0 Å². The lowest BCUT2D eigenvalue weighted by Crippen LogP contribution is -2.32. The number of carbonyl (C=O) groups is 1. The molecule has 0 rings (SSSR count). The Labute approximate surface area is 62.2 Å². The fourth-order valence-corrected chi connectivity index (χ4v) is 0.577. The van der Waals surface area contributed by atoms with E-state index < -0.39 is 0 Å². The Bertz CT molecular complexity index is 93.6. The van der Waals surface area contributed by atoms with Gasteiger partial charge in [-0.15, -0.1) is 0 Å². The summed E-state index contributed by atoms with van der Waals surface area (Å²) in [5.74, 6) is 0.0176. The predicted molar refractivity (Wildman–Crippen MR) is 41.6 cm³/mol. The SMILES string of the molecule is CCCCNCNC(C)=O. The maximum atomic E-state index is 10.3. The Morgan fingerprint density at radius 2 is 2.20 bits per heavy atom. The Hall–Kier alpha value is -0.570. The van der Waals surface area contributed by atoms with Crippen molar-refractivity contribution >= 4 is 5.91 Å². The second-order valence-electron chi connectivity index (χ2n) is 2.26. The second-order valence-corrected chi connectivity index (χ2v) is 2.26. The largest absolute Gasteiger partial charge is 0.344 e. The Balaban J connectivity index is 2.84. The first kappa shape index (κ1) is 9.43. The summed E-state index contributed by atoms with van der Waals surface area (Å²) in [5, 5.41) is 5.74. The van der Waals surface area contributed by atoms with E-state index in [1.54, 1.807) is 0 Å². The van der Waals surface area contributed by atoms with Crippen molar-refractivity contribution < 1.29 is 4.79 Å². The summed E-state index contributed by atoms with van der Waals surface area (Å²) in [4.78, 5) is 10.3. The first-order valence-electron chi connectivity index (χ1n) is 3.72. The zero-order chi connectivity index (χ0) is 7.82. The van der Waals surface area contributed by atoms with Crippen LogP contribution in [0, 0.1) is 0 Å². The minimum atomic E-state index is 0.0176. The summed E-state index contributed by atoms with van der Waals surface area (Å²) < 4.78 is 0. The van der Waals surface area contributed by atoms with Crippen molar-refractivity contribution in [1.29, 1.82) is 0 Å². The molecule has 3 heteroatoms. The molecule has 0 saturated carbocycles. The zero-order valence-corrected chi connectivity index (χ0v) is 6.74. The maximum Gasteiger partial charge on any atom is 0.217 e. The molecule has 0 unspecified atom stereocenters. The van der Waals surface area contributed by atoms with E-state index in [0.717, 1.165) is 6.54 Å². The van der Waals surface area contributed by atoms with Gasteiger partial charge in [-0.1, -0.05) is 13.3 Å². The molecule has 0 aliphatic heterocycles. The number of unbranched alkanes of at least 4 members (excludes halogenated alkanes) is 1. The highest BCUT2D eigenvalue weighted by molar-refractivity contribution is 5.72. The molecule has 0 aliphatic rings. The minimum Gasteiger partial charge on any atom is -0.344 e. The molecule has 3 nitrogen and oxygen atoms in total. The van der Waals surface area contributed by atoms with Gasteiger partial charge in [-0.05, 0) is 13.0 Å². The lowest BCUT2D eigenvalue weighted by molar-refractivity contribution is -0.119. The van der Waals surface area contributed by atoms with Gasteiger partial charge in [-0.25, -0.2) is 0 Å². The van der Waals surface area contributed by atoms with E-state index in [9.17, 15) is 4.79 Å². The first-order valence-corrected chi connectivity index (χ1v) is 3.72. The molecule has 0 fully saturated rings. The Morgan fingerprint density at radius 3 is 2.70 bits per heavy atom. The first-order chi connectivity index (χ1) is 4.77. The van der Waals surface area contributed by atoms with E-state index in [1.807, 2.05) is 0 Å². The van der Waals surface area contributed by atoms with Gasteiger partial charge in [0.2, 0.25) is 5.91 Å². The Morgan fingerprint density at radius 1 is 1.50 bits per heavy atom. The molecule has 0 spiro atoms. The van der Waals surface area contributed by atoms with Crippen molar-refractivity contribution in [2.45, 2.75) is 26.7 Å². The topological polar surface area (TPSA) is 41.1 Å². The van der Waals surface area contributed by atoms with Crippen LogP contribution < -0.4 is 10.6 Å². The fraction of sp³-hybridized carbons (Fsp3) is 0.857. The number of carbonyl (C=O) groups excluding carboxylic acids is 1. The van der Waals surface area contributed by atoms with Crippen molar-refractivity contribution in [3.05, 3.63) is 0 Å². The number of rotatable bonds is 5. The van der Waals surface area contributed by atoms with Gasteiger partial charge in [0.05, 0.1) is 6.67 Å². The van der Waals surface area contributed by atoms with E-state index in [1.165, 1.54) is 19.8 Å². The number of amides is 1. The van der Waals surface area contributed by atoms with Crippen LogP contribution in [0.3, 0.4) is 0 Å². The van der Waals surface area contributed by atoms with Crippen LogP contribution in [0.25, 0.3) is 0 Å². The molecule has 60 valence electrons. The van der Waals surface area contributed by atoms with Gasteiger partial charge in [0.15, 0.2) is 0 Å². The molecule has 10 heavy (non-hydrogen) atoms. The molecule has 0 bridgehead atoms. The van der Waals surface area contributed by atoms with Crippen molar-refractivity contribution in [2.24, 2.45) is 0 Å². The van der Waals surface area contributed by atoms with E-state index in [2.05, 4.69) is 17.6 Å². The van der Waals surface area contributed by atoms with Crippen LogP contribution >= 0.6 is 0 Å². The van der Waals surface area contributed by atoms with E-state index in [-0.39, 0.29) is 5.91 Å². The molecule has 0 aliphatic carbocycles. The predicted octanol–water partition coefficient (Wildman–Crippen LogP) is 0.470. The lowest BCUT2D eigenvalue weighted by atomic mass is 10.3. The van der Waals surface area contributed by atoms with Gasteiger partial charge in [0.1, 0.15) is 0 Å². The quantitative estimate of drug-likeness (QED) is 0.435. The average molecular weight is 144 g/mol. The van der Waals surface area contributed by atoms with Gasteiger partial charge < -0.3 is 5.32 Å². The molecule has 0 aromatic rings. The highest BCUT2D eigenvalue weighted by Gasteiger charge is 1.87. The minimum absolute atomic E-state index is 0.0176. The van der Waals surface area contributed by atoms with Crippen LogP contribution in [0.2, 0.25) is 0 Å². The number of nitrogens with one attached hydrogen (secondary N) is 2. The lowest BCUT2D eigenvalue weighted by Gasteiger charge is -2.02. The second kappa shape index (κ2) is 6.55. The fourth-order valence-electron chi connectivity index (χ4n) is 0.577. The normalized spacial score (nSPS) is 9.40. The maximum absolute atomic E-state index is 10.3. The van der Waals surface area contributed by atoms with Gasteiger partial charge >= 0.3 is 0 Å². The average Bonchev–Trinajstić information content (AvgIpc) is 1.87. The van der Waals surface area contributed by atoms with E-state index >= 15 is 0 Å². The third-order valence-corrected chi connectivity index (χ3v) is 1.17. The highest BCUT2D eigenvalue weighted by Crippen LogP contribution is 1.80. The smallest absolute Gasteiger partial charge is 0.217 e. The molecule has 0 saturated heterocycles. The molecule has 1 amide bonds. The van der Waals surface area contributed by atoms with Crippen LogP contribution in [0.15, 0.2) is 0 Å². The summed E-state index contributed by atoms with van der Waals surface area (Å²) in [6, 6.07) is 0. The molecule has 0 radical (unpaired) electrons. The molecule has 0 aromatic carbocycles. The van der Waals surface area contributed by atoms with Gasteiger partial charge in [0, 0.05) is 6.92 Å². The molecular weight excluding hydrogens is 128 g/mol. The highest BCUT2D eigenvalue weighted by atomic mass is 16.1. The summed E-state index contributed by atoms with van der Waals surface area (Å²) in [6.07, 6.45) is 2.35. The Kier molecular flexibility index (Phi) is 6.18. The molecular formula is C7H16N2O. The van der Waals surface area contributed by atoms with E-state index in [4.69, 9.17) is 0 Å². The molecule has 0 aromatic heterocycles. The molecule has 2 N–H and O–H groups in total. The van der Waals surface area contributed by atoms with Crippen molar-refractivity contribution in [1.82, 2.24) is 10.6 Å². The monoisotopic (exact) mass is 144 g/mol. The number of hydrogen-bond donors (Lipinski definition) is 2. The molecule has 0 heterocycles. The van der Waals surface area contributed by atoms with Crippen LogP contribution in [-0.2, 0) is 4.79 Å². The summed E-state index contributed by atoms with van der Waals surface area (Å²) in [6.45, 7) is 5.23. The summed E-state index contributed by atoms with van der Waals surface area (Å²) >= 11 is 0. The number of hydrogen-bond acceptors (Lipinski definition) is 2. The van der Waals surface area contributed by atoms with Crippen molar-refractivity contribution in [3.8, 4) is 0 Å². The van der Waals surface area contributed by atoms with Crippen LogP contribution in [-0.4, -0.2) is 19.1 Å². The zero-order valence-electron chi connectivity index (χ0n) is 6.74. The standard InChI is InChI=1S/C7H16N2O/c1-3-4-5-8-6-9-7(2)10/h8H,3-6H2,1-2H3,(H,9,10). The third-order valence-electron chi connectivity index (χ3n) is 1.17. The molecule has 0 atom stereocenters.